The third-order valence-electron chi connectivity index (χ3n) is 3.68. The van der Waals surface area contributed by atoms with E-state index in [1.54, 1.807) is 7.11 Å². The molecular weight excluding hydrogens is 242 g/mol. The molecule has 1 saturated carbocycles. The Kier molecular flexibility index (Phi) is 5.34. The second kappa shape index (κ2) is 7.01. The molecule has 1 aliphatic carbocycles. The normalized spacial score (nSPS) is 26.2. The van der Waals surface area contributed by atoms with Crippen molar-refractivity contribution in [3.63, 3.8) is 0 Å². The molecule has 1 aromatic carbocycles. The van der Waals surface area contributed by atoms with E-state index in [1.807, 2.05) is 31.2 Å². The molecule has 0 bridgehead atoms. The van der Waals surface area contributed by atoms with Crippen molar-refractivity contribution in [2.45, 2.75) is 44.7 Å². The molecule has 106 valence electrons. The molecule has 3 atom stereocenters. The van der Waals surface area contributed by atoms with E-state index < -0.39 is 0 Å². The molecular formula is C15H23NO3. The molecule has 4 nitrogen and oxygen atoms in total. The summed E-state index contributed by atoms with van der Waals surface area (Å²) in [4.78, 5) is 0. The molecule has 0 heterocycles. The minimum absolute atomic E-state index is 0.0954. The second-order valence-electron chi connectivity index (χ2n) is 4.89. The van der Waals surface area contributed by atoms with Crippen LogP contribution in [-0.4, -0.2) is 37.1 Å². The van der Waals surface area contributed by atoms with Crippen molar-refractivity contribution in [1.82, 2.24) is 5.32 Å². The molecule has 1 aromatic rings. The van der Waals surface area contributed by atoms with Crippen molar-refractivity contribution < 1.29 is 14.6 Å². The van der Waals surface area contributed by atoms with Crippen LogP contribution in [0.3, 0.4) is 0 Å². The maximum absolute atomic E-state index is 8.99. The Morgan fingerprint density at radius 3 is 2.53 bits per heavy atom. The summed E-state index contributed by atoms with van der Waals surface area (Å²) in [6, 6.07) is 8.35. The summed E-state index contributed by atoms with van der Waals surface area (Å²) in [7, 11) is 1.74. The van der Waals surface area contributed by atoms with Crippen LogP contribution in [0.4, 0.5) is 0 Å². The summed E-state index contributed by atoms with van der Waals surface area (Å²) < 4.78 is 11.1. The minimum Gasteiger partial charge on any atom is -0.392 e. The first-order valence-corrected chi connectivity index (χ1v) is 6.85. The SMILES string of the molecule is CCOC1CC(NCc2ccc(CO)cc2)C1OC. The lowest BCUT2D eigenvalue weighted by atomic mass is 9.85. The minimum atomic E-state index is 0.0954. The van der Waals surface area contributed by atoms with Crippen LogP contribution in [0.2, 0.25) is 0 Å². The Bertz CT molecular complexity index is 379. The van der Waals surface area contributed by atoms with E-state index in [9.17, 15) is 0 Å². The Hall–Kier alpha value is -0.940. The van der Waals surface area contributed by atoms with Gasteiger partial charge in [-0.2, -0.15) is 0 Å². The van der Waals surface area contributed by atoms with E-state index in [0.717, 1.165) is 25.1 Å². The van der Waals surface area contributed by atoms with Gasteiger partial charge in [0.05, 0.1) is 18.8 Å². The van der Waals surface area contributed by atoms with Gasteiger partial charge in [0.1, 0.15) is 0 Å². The third kappa shape index (κ3) is 3.54. The second-order valence-corrected chi connectivity index (χ2v) is 4.89. The van der Waals surface area contributed by atoms with E-state index in [0.29, 0.717) is 6.04 Å². The van der Waals surface area contributed by atoms with Crippen LogP contribution < -0.4 is 5.32 Å². The van der Waals surface area contributed by atoms with E-state index in [2.05, 4.69) is 5.32 Å². The highest BCUT2D eigenvalue weighted by atomic mass is 16.5. The van der Waals surface area contributed by atoms with Crippen LogP contribution in [0.15, 0.2) is 24.3 Å². The number of aliphatic hydroxyl groups excluding tert-OH is 1. The number of benzene rings is 1. The van der Waals surface area contributed by atoms with Gasteiger partial charge in [-0.15, -0.1) is 0 Å². The maximum Gasteiger partial charge on any atom is 0.0986 e. The van der Waals surface area contributed by atoms with E-state index in [1.165, 1.54) is 5.56 Å². The van der Waals surface area contributed by atoms with Crippen molar-refractivity contribution in [1.29, 1.82) is 0 Å². The summed E-state index contributed by atoms with van der Waals surface area (Å²) in [6.45, 7) is 3.66. The van der Waals surface area contributed by atoms with Crippen LogP contribution in [0.5, 0.6) is 0 Å². The molecule has 0 saturated heterocycles. The summed E-state index contributed by atoms with van der Waals surface area (Å²) in [5, 5.41) is 12.5. The van der Waals surface area contributed by atoms with Crippen molar-refractivity contribution in [2.24, 2.45) is 0 Å². The van der Waals surface area contributed by atoms with Gasteiger partial charge in [-0.25, -0.2) is 0 Å². The molecule has 3 unspecified atom stereocenters. The zero-order valence-corrected chi connectivity index (χ0v) is 11.6. The standard InChI is InChI=1S/C15H23NO3/c1-3-19-14-8-13(15(14)18-2)16-9-11-4-6-12(10-17)7-5-11/h4-7,13-17H,3,8-10H2,1-2H3. The number of rotatable bonds is 7. The average Bonchev–Trinajstić information content (AvgIpc) is 2.43. The molecule has 4 heteroatoms. The van der Waals surface area contributed by atoms with Gasteiger partial charge in [0.15, 0.2) is 0 Å². The first-order chi connectivity index (χ1) is 9.28. The number of hydrogen-bond donors (Lipinski definition) is 2. The predicted octanol–water partition coefficient (Wildman–Crippen LogP) is 1.46. The molecule has 0 amide bonds. The van der Waals surface area contributed by atoms with Crippen molar-refractivity contribution in [3.05, 3.63) is 35.4 Å². The summed E-state index contributed by atoms with van der Waals surface area (Å²) in [5.74, 6) is 0. The van der Waals surface area contributed by atoms with Crippen LogP contribution in [-0.2, 0) is 22.6 Å². The predicted molar refractivity (Wildman–Crippen MR) is 73.8 cm³/mol. The fourth-order valence-electron chi connectivity index (χ4n) is 2.49. The zero-order valence-electron chi connectivity index (χ0n) is 11.6. The highest BCUT2D eigenvalue weighted by Gasteiger charge is 2.41. The molecule has 2 N–H and O–H groups in total. The van der Waals surface area contributed by atoms with Gasteiger partial charge in [-0.05, 0) is 24.5 Å². The van der Waals surface area contributed by atoms with Gasteiger partial charge < -0.3 is 19.9 Å². The first kappa shape index (κ1) is 14.5. The number of ether oxygens (including phenoxy) is 2. The largest absolute Gasteiger partial charge is 0.392 e. The fraction of sp³-hybridized carbons (Fsp3) is 0.600. The number of methoxy groups -OCH3 is 1. The summed E-state index contributed by atoms with van der Waals surface area (Å²) >= 11 is 0. The van der Waals surface area contributed by atoms with E-state index in [4.69, 9.17) is 14.6 Å². The molecule has 19 heavy (non-hydrogen) atoms. The number of hydrogen-bond acceptors (Lipinski definition) is 4. The highest BCUT2D eigenvalue weighted by Crippen LogP contribution is 2.27. The van der Waals surface area contributed by atoms with Gasteiger partial charge >= 0.3 is 0 Å². The molecule has 0 spiro atoms. The van der Waals surface area contributed by atoms with E-state index >= 15 is 0 Å². The molecule has 1 fully saturated rings. The van der Waals surface area contributed by atoms with Crippen LogP contribution in [0, 0.1) is 0 Å². The highest BCUT2D eigenvalue weighted by molar-refractivity contribution is 5.22. The van der Waals surface area contributed by atoms with Gasteiger partial charge in [-0.1, -0.05) is 24.3 Å². The first-order valence-electron chi connectivity index (χ1n) is 6.85. The zero-order chi connectivity index (χ0) is 13.7. The molecule has 1 aliphatic rings. The molecule has 2 rings (SSSR count). The topological polar surface area (TPSA) is 50.7 Å². The quantitative estimate of drug-likeness (QED) is 0.783. The third-order valence-corrected chi connectivity index (χ3v) is 3.68. The van der Waals surface area contributed by atoms with Crippen molar-refractivity contribution in [2.75, 3.05) is 13.7 Å². The lowest BCUT2D eigenvalue weighted by Gasteiger charge is -2.43. The summed E-state index contributed by atoms with van der Waals surface area (Å²) in [6.07, 6.45) is 1.38. The Morgan fingerprint density at radius 2 is 1.95 bits per heavy atom. The Morgan fingerprint density at radius 1 is 1.26 bits per heavy atom. The number of nitrogens with one attached hydrogen (secondary N) is 1. The van der Waals surface area contributed by atoms with Gasteiger partial charge in [0.25, 0.3) is 0 Å². The smallest absolute Gasteiger partial charge is 0.0986 e. The monoisotopic (exact) mass is 265 g/mol. The van der Waals surface area contributed by atoms with Crippen LogP contribution in [0.25, 0.3) is 0 Å². The van der Waals surface area contributed by atoms with Crippen molar-refractivity contribution in [3.8, 4) is 0 Å². The fourth-order valence-corrected chi connectivity index (χ4v) is 2.49. The molecule has 0 radical (unpaired) electrons. The maximum atomic E-state index is 8.99. The Labute approximate surface area is 114 Å². The molecule has 0 aromatic heterocycles. The Balaban J connectivity index is 1.79. The van der Waals surface area contributed by atoms with Crippen LogP contribution >= 0.6 is 0 Å². The van der Waals surface area contributed by atoms with Crippen LogP contribution in [0.1, 0.15) is 24.5 Å². The average molecular weight is 265 g/mol. The van der Waals surface area contributed by atoms with E-state index in [-0.39, 0.29) is 18.8 Å². The lowest BCUT2D eigenvalue weighted by Crippen LogP contribution is -2.59. The number of aliphatic hydroxyl groups is 1. The molecule has 0 aliphatic heterocycles. The summed E-state index contributed by atoms with van der Waals surface area (Å²) in [5.41, 5.74) is 2.16. The van der Waals surface area contributed by atoms with Crippen molar-refractivity contribution >= 4 is 0 Å². The lowest BCUT2D eigenvalue weighted by molar-refractivity contribution is -0.131. The van der Waals surface area contributed by atoms with Gasteiger partial charge in [-0.3, -0.25) is 0 Å². The van der Waals surface area contributed by atoms with Gasteiger partial charge in [0.2, 0.25) is 0 Å². The van der Waals surface area contributed by atoms with Gasteiger partial charge in [0, 0.05) is 26.3 Å².